The number of carbonyl (C=O) groups is 1. The second-order valence-electron chi connectivity index (χ2n) is 7.31. The number of amidine groups is 1. The van der Waals surface area contributed by atoms with Gasteiger partial charge in [0, 0.05) is 18.2 Å². The highest BCUT2D eigenvalue weighted by Crippen LogP contribution is 2.25. The van der Waals surface area contributed by atoms with E-state index in [-0.39, 0.29) is 22.6 Å². The number of carbonyl (C=O) groups excluding carboxylic acids is 1. The van der Waals surface area contributed by atoms with E-state index in [1.807, 2.05) is 13.8 Å². The first-order chi connectivity index (χ1) is 14.3. The molecule has 0 spiro atoms. The molecule has 3 aromatic rings. The first-order valence-corrected chi connectivity index (χ1v) is 11.1. The number of oxazole rings is 1. The second kappa shape index (κ2) is 7.56. The van der Waals surface area contributed by atoms with E-state index in [1.54, 1.807) is 43.3 Å². The molecule has 156 valence electrons. The molecule has 1 amide bonds. The van der Waals surface area contributed by atoms with Gasteiger partial charge in [-0.2, -0.15) is 0 Å². The zero-order valence-corrected chi connectivity index (χ0v) is 17.7. The number of aromatic nitrogens is 1. The van der Waals surface area contributed by atoms with Gasteiger partial charge in [0.05, 0.1) is 4.90 Å². The lowest BCUT2D eigenvalue weighted by Gasteiger charge is -2.19. The van der Waals surface area contributed by atoms with Crippen LogP contribution in [0.25, 0.3) is 11.1 Å². The van der Waals surface area contributed by atoms with Crippen LogP contribution in [0.15, 0.2) is 56.8 Å². The molecular formula is C21H22N4O4S. The fourth-order valence-corrected chi connectivity index (χ4v) is 4.61. The predicted octanol–water partition coefficient (Wildman–Crippen LogP) is 3.23. The average Bonchev–Trinajstić information content (AvgIpc) is 3.21. The van der Waals surface area contributed by atoms with Gasteiger partial charge in [-0.25, -0.2) is 13.4 Å². The summed E-state index contributed by atoms with van der Waals surface area (Å²) >= 11 is 0. The minimum Gasteiger partial charge on any atom is -0.441 e. The lowest BCUT2D eigenvalue weighted by atomic mass is 9.98. The Morgan fingerprint density at radius 2 is 2.03 bits per heavy atom. The molecule has 0 bridgehead atoms. The van der Waals surface area contributed by atoms with Gasteiger partial charge in [0.15, 0.2) is 11.5 Å². The summed E-state index contributed by atoms with van der Waals surface area (Å²) in [5.41, 5.74) is 2.33. The van der Waals surface area contributed by atoms with Crippen molar-refractivity contribution in [2.45, 2.75) is 38.1 Å². The monoisotopic (exact) mass is 426 g/mol. The fourth-order valence-electron chi connectivity index (χ4n) is 3.37. The standard InChI is InChI=1S/C21H22N4O4S/c1-4-12(2)19(24-20-15-7-5-6-8-18(15)30(27,28)25-20)21(26)23-14-9-10-17-16(11-14)22-13(3)29-17/h5-12,19H,4H2,1-3H3,(H,23,26)(H,24,25)/t12-,19-/m0/s1. The highest BCUT2D eigenvalue weighted by atomic mass is 32.2. The number of hydrogen-bond donors (Lipinski definition) is 2. The Bertz CT molecular complexity index is 1260. The summed E-state index contributed by atoms with van der Waals surface area (Å²) in [6.45, 7) is 5.63. The van der Waals surface area contributed by atoms with E-state index < -0.39 is 16.1 Å². The Morgan fingerprint density at radius 3 is 2.80 bits per heavy atom. The molecule has 2 aromatic carbocycles. The normalized spacial score (nSPS) is 18.0. The highest BCUT2D eigenvalue weighted by Gasteiger charge is 2.33. The molecule has 1 aliphatic heterocycles. The molecule has 0 aliphatic carbocycles. The number of rotatable bonds is 5. The SMILES string of the molecule is CC[C@H](C)[C@H](N=C1NS(=O)(=O)c2ccccc21)C(=O)Nc1ccc2oc(C)nc2c1. The molecule has 0 radical (unpaired) electrons. The third-order valence-corrected chi connectivity index (χ3v) is 6.54. The Labute approximate surface area is 174 Å². The molecule has 2 heterocycles. The summed E-state index contributed by atoms with van der Waals surface area (Å²) in [7, 11) is -3.67. The van der Waals surface area contributed by atoms with E-state index in [2.05, 4.69) is 20.0 Å². The van der Waals surface area contributed by atoms with Crippen molar-refractivity contribution in [2.24, 2.45) is 10.9 Å². The van der Waals surface area contributed by atoms with Crippen LogP contribution in [-0.4, -0.2) is 31.2 Å². The van der Waals surface area contributed by atoms with Gasteiger partial charge in [-0.15, -0.1) is 0 Å². The third kappa shape index (κ3) is 3.68. The Morgan fingerprint density at radius 1 is 1.27 bits per heavy atom. The van der Waals surface area contributed by atoms with Gasteiger partial charge in [-0.05, 0) is 36.2 Å². The van der Waals surface area contributed by atoms with E-state index >= 15 is 0 Å². The maximum Gasteiger partial charge on any atom is 0.263 e. The number of sulfonamides is 1. The molecule has 2 N–H and O–H groups in total. The molecule has 1 aromatic heterocycles. The third-order valence-electron chi connectivity index (χ3n) is 5.14. The van der Waals surface area contributed by atoms with Gasteiger partial charge in [-0.1, -0.05) is 32.4 Å². The summed E-state index contributed by atoms with van der Waals surface area (Å²) in [4.78, 5) is 22.0. The summed E-state index contributed by atoms with van der Waals surface area (Å²) < 4.78 is 32.7. The Balaban J connectivity index is 1.66. The smallest absolute Gasteiger partial charge is 0.263 e. The predicted molar refractivity (Wildman–Crippen MR) is 114 cm³/mol. The van der Waals surface area contributed by atoms with E-state index in [1.165, 1.54) is 6.07 Å². The van der Waals surface area contributed by atoms with Crippen LogP contribution in [0.1, 0.15) is 31.7 Å². The number of benzene rings is 2. The molecule has 0 fully saturated rings. The lowest BCUT2D eigenvalue weighted by molar-refractivity contribution is -0.118. The van der Waals surface area contributed by atoms with E-state index in [0.717, 1.165) is 0 Å². The summed E-state index contributed by atoms with van der Waals surface area (Å²) in [5, 5.41) is 2.87. The van der Waals surface area contributed by atoms with Gasteiger partial charge < -0.3 is 9.73 Å². The van der Waals surface area contributed by atoms with Crippen LogP contribution in [0, 0.1) is 12.8 Å². The number of nitrogens with one attached hydrogen (secondary N) is 2. The van der Waals surface area contributed by atoms with E-state index in [0.29, 0.717) is 34.7 Å². The van der Waals surface area contributed by atoms with Gasteiger partial charge in [-0.3, -0.25) is 14.5 Å². The van der Waals surface area contributed by atoms with Crippen LogP contribution in [0.3, 0.4) is 0 Å². The first-order valence-electron chi connectivity index (χ1n) is 9.66. The van der Waals surface area contributed by atoms with Gasteiger partial charge >= 0.3 is 0 Å². The fraction of sp³-hybridized carbons (Fsp3) is 0.286. The maximum atomic E-state index is 13.1. The van der Waals surface area contributed by atoms with Crippen LogP contribution in [0.2, 0.25) is 0 Å². The second-order valence-corrected chi connectivity index (χ2v) is 8.97. The molecule has 0 saturated carbocycles. The number of hydrogen-bond acceptors (Lipinski definition) is 6. The van der Waals surface area contributed by atoms with Gasteiger partial charge in [0.2, 0.25) is 5.91 Å². The quantitative estimate of drug-likeness (QED) is 0.650. The topological polar surface area (TPSA) is 114 Å². The van der Waals surface area contributed by atoms with Crippen LogP contribution >= 0.6 is 0 Å². The summed E-state index contributed by atoms with van der Waals surface area (Å²) in [5.74, 6) is 0.311. The van der Waals surface area contributed by atoms with Crippen LogP contribution in [-0.2, 0) is 14.8 Å². The minimum atomic E-state index is -3.67. The molecule has 9 heteroatoms. The summed E-state index contributed by atoms with van der Waals surface area (Å²) in [6, 6.07) is 11.0. The molecule has 2 atom stereocenters. The zero-order valence-electron chi connectivity index (χ0n) is 16.8. The Kier molecular flexibility index (Phi) is 5.07. The number of amides is 1. The van der Waals surface area contributed by atoms with Crippen molar-refractivity contribution in [3.63, 3.8) is 0 Å². The van der Waals surface area contributed by atoms with Crippen molar-refractivity contribution in [3.05, 3.63) is 53.9 Å². The van der Waals surface area contributed by atoms with Crippen molar-refractivity contribution in [1.82, 2.24) is 9.71 Å². The number of anilines is 1. The number of aliphatic imine (C=N–C) groups is 1. The average molecular weight is 426 g/mol. The number of aryl methyl sites for hydroxylation is 1. The van der Waals surface area contributed by atoms with Crippen molar-refractivity contribution < 1.29 is 17.6 Å². The van der Waals surface area contributed by atoms with Crippen molar-refractivity contribution in [2.75, 3.05) is 5.32 Å². The first kappa shape index (κ1) is 20.1. The minimum absolute atomic E-state index is 0.104. The zero-order chi connectivity index (χ0) is 21.5. The molecule has 8 nitrogen and oxygen atoms in total. The molecule has 1 aliphatic rings. The largest absolute Gasteiger partial charge is 0.441 e. The number of fused-ring (bicyclic) bond motifs is 2. The lowest BCUT2D eigenvalue weighted by Crippen LogP contribution is -2.34. The van der Waals surface area contributed by atoms with E-state index in [4.69, 9.17) is 4.42 Å². The van der Waals surface area contributed by atoms with Crippen molar-refractivity contribution >= 4 is 38.6 Å². The van der Waals surface area contributed by atoms with Gasteiger partial charge in [0.1, 0.15) is 17.4 Å². The van der Waals surface area contributed by atoms with Crippen LogP contribution in [0.5, 0.6) is 0 Å². The molecule has 0 unspecified atom stereocenters. The molecule has 0 saturated heterocycles. The molecule has 30 heavy (non-hydrogen) atoms. The highest BCUT2D eigenvalue weighted by molar-refractivity contribution is 7.90. The van der Waals surface area contributed by atoms with Crippen molar-refractivity contribution in [1.29, 1.82) is 0 Å². The Hall–Kier alpha value is -3.20. The molecular weight excluding hydrogens is 404 g/mol. The number of nitrogens with zero attached hydrogens (tertiary/aromatic N) is 2. The molecule has 4 rings (SSSR count). The maximum absolute atomic E-state index is 13.1. The van der Waals surface area contributed by atoms with E-state index in [9.17, 15) is 13.2 Å². The summed E-state index contributed by atoms with van der Waals surface area (Å²) in [6.07, 6.45) is 0.699. The van der Waals surface area contributed by atoms with Crippen LogP contribution < -0.4 is 10.0 Å². The van der Waals surface area contributed by atoms with Crippen LogP contribution in [0.4, 0.5) is 5.69 Å². The van der Waals surface area contributed by atoms with Crippen molar-refractivity contribution in [3.8, 4) is 0 Å². The van der Waals surface area contributed by atoms with Gasteiger partial charge in [0.25, 0.3) is 10.0 Å².